The van der Waals surface area contributed by atoms with E-state index in [0.717, 1.165) is 126 Å². The molecule has 0 radical (unpaired) electrons. The van der Waals surface area contributed by atoms with E-state index in [1.807, 2.05) is 99.6 Å². The molecule has 4 aromatic carbocycles. The van der Waals surface area contributed by atoms with E-state index in [1.165, 1.54) is 24.2 Å². The minimum Gasteiger partial charge on any atom is -0.490 e. The first-order valence-electron chi connectivity index (χ1n) is 27.9. The second kappa shape index (κ2) is 22.3. The van der Waals surface area contributed by atoms with Crippen molar-refractivity contribution < 1.29 is 28.7 Å². The number of esters is 1. The highest BCUT2D eigenvalue weighted by Crippen LogP contribution is 2.39. The van der Waals surface area contributed by atoms with Crippen LogP contribution in [0, 0.1) is 18.8 Å². The van der Waals surface area contributed by atoms with Gasteiger partial charge in [0.25, 0.3) is 5.91 Å². The number of carbonyl (C=O) groups is 4. The summed E-state index contributed by atoms with van der Waals surface area (Å²) in [4.78, 5) is 74.1. The Morgan fingerprint density at radius 2 is 1.62 bits per heavy atom. The fourth-order valence-corrected chi connectivity index (χ4v) is 12.9. The van der Waals surface area contributed by atoms with Gasteiger partial charge in [0, 0.05) is 70.4 Å². The van der Waals surface area contributed by atoms with Crippen molar-refractivity contribution in [3.05, 3.63) is 125 Å². The predicted molar refractivity (Wildman–Crippen MR) is 308 cm³/mol. The zero-order chi connectivity index (χ0) is 54.2. The van der Waals surface area contributed by atoms with Gasteiger partial charge in [-0.05, 0) is 161 Å². The maximum Gasteiger partial charge on any atom is 0.358 e. The van der Waals surface area contributed by atoms with E-state index >= 15 is 0 Å². The summed E-state index contributed by atoms with van der Waals surface area (Å²) in [6.45, 7) is 16.1. The Bertz CT molecular complexity index is 3370. The second-order valence-corrected chi connectivity index (χ2v) is 24.0. The summed E-state index contributed by atoms with van der Waals surface area (Å²) < 4.78 is 16.0. The number of benzene rings is 4. The molecule has 2 saturated heterocycles. The van der Waals surface area contributed by atoms with Gasteiger partial charge in [0.05, 0.1) is 33.3 Å². The number of thiazole rings is 1. The largest absolute Gasteiger partial charge is 0.490 e. The number of fused-ring (bicyclic) bond motifs is 3. The number of nitrogens with zero attached hydrogens (tertiary/aromatic N) is 7. The van der Waals surface area contributed by atoms with E-state index in [4.69, 9.17) is 19.4 Å². The molecule has 1 saturated carbocycles. The molecule has 7 aromatic rings. The Balaban J connectivity index is 0.685. The van der Waals surface area contributed by atoms with Gasteiger partial charge in [0.1, 0.15) is 17.2 Å². The molecule has 3 aliphatic heterocycles. The molecule has 2 N–H and O–H groups in total. The number of aromatic nitrogens is 4. The Morgan fingerprint density at radius 3 is 2.40 bits per heavy atom. The number of hydrogen-bond donors (Lipinski definition) is 2. The Hall–Kier alpha value is -7.17. The molecular weight excluding hydrogens is 999 g/mol. The maximum atomic E-state index is 14.1. The monoisotopic (exact) mass is 1070 g/mol. The molecule has 11 rings (SSSR count). The highest BCUT2D eigenvalue weighted by atomic mass is 32.1. The molecule has 3 amide bonds. The lowest BCUT2D eigenvalue weighted by molar-refractivity contribution is -0.134. The van der Waals surface area contributed by atoms with Crippen LogP contribution in [0.4, 0.5) is 16.9 Å². The van der Waals surface area contributed by atoms with Crippen LogP contribution in [0.15, 0.2) is 91.0 Å². The van der Waals surface area contributed by atoms with Crippen molar-refractivity contribution in [2.45, 2.75) is 117 Å². The van der Waals surface area contributed by atoms with Gasteiger partial charge in [-0.2, -0.15) is 0 Å². The molecule has 406 valence electrons. The summed E-state index contributed by atoms with van der Waals surface area (Å²) in [5.41, 5.74) is 8.36. The average molecular weight is 1070 g/mol. The Kier molecular flexibility index (Phi) is 15.1. The van der Waals surface area contributed by atoms with Gasteiger partial charge in [-0.15, -0.1) is 0 Å². The zero-order valence-electron chi connectivity index (χ0n) is 45.8. The molecule has 3 aromatic heterocycles. The molecule has 4 aliphatic rings. The van der Waals surface area contributed by atoms with Crippen molar-refractivity contribution in [2.75, 3.05) is 54.4 Å². The number of rotatable bonds is 14. The normalized spacial score (nSPS) is 19.6. The number of piperazine rings is 1. The number of carbonyl (C=O) groups excluding carboxylic acids is 4. The number of hydrogen-bond acceptors (Lipinski definition) is 13. The fourth-order valence-electron chi connectivity index (χ4n) is 12.1. The van der Waals surface area contributed by atoms with E-state index in [2.05, 4.69) is 67.9 Å². The summed E-state index contributed by atoms with van der Waals surface area (Å²) >= 11 is 1.45. The van der Waals surface area contributed by atoms with E-state index in [-0.39, 0.29) is 35.4 Å². The lowest BCUT2D eigenvalue weighted by atomic mass is 9.83. The molecule has 3 fully saturated rings. The third kappa shape index (κ3) is 11.5. The first kappa shape index (κ1) is 52.9. The molecule has 1 aliphatic carbocycles. The Morgan fingerprint density at radius 1 is 0.821 bits per heavy atom. The molecule has 0 spiro atoms. The summed E-state index contributed by atoms with van der Waals surface area (Å²) in [5, 5.41) is 6.09. The number of imidazole rings is 1. The zero-order valence-corrected chi connectivity index (χ0v) is 46.6. The van der Waals surface area contributed by atoms with Gasteiger partial charge in [-0.25, -0.2) is 19.7 Å². The lowest BCUT2D eigenvalue weighted by Crippen LogP contribution is -2.48. The van der Waals surface area contributed by atoms with E-state index in [1.54, 1.807) is 0 Å². The van der Waals surface area contributed by atoms with Crippen LogP contribution in [0.2, 0.25) is 0 Å². The minimum absolute atomic E-state index is 0.119. The molecule has 6 heterocycles. The van der Waals surface area contributed by atoms with Crippen LogP contribution in [0.3, 0.4) is 0 Å². The molecule has 1 unspecified atom stereocenters. The molecular formula is C62H71N9O6S. The number of imide groups is 1. The van der Waals surface area contributed by atoms with Gasteiger partial charge in [-0.1, -0.05) is 67.1 Å². The number of para-hydroxylation sites is 1. The van der Waals surface area contributed by atoms with Crippen molar-refractivity contribution in [1.82, 2.24) is 29.7 Å². The highest BCUT2D eigenvalue weighted by molar-refractivity contribution is 7.22. The van der Waals surface area contributed by atoms with Gasteiger partial charge >= 0.3 is 5.97 Å². The van der Waals surface area contributed by atoms with Crippen LogP contribution in [0.5, 0.6) is 5.75 Å². The topological polar surface area (TPSA) is 164 Å². The fraction of sp³-hybridized carbons (Fsp3) is 0.435. The third-order valence-corrected chi connectivity index (χ3v) is 17.3. The van der Waals surface area contributed by atoms with Crippen molar-refractivity contribution in [3.63, 3.8) is 0 Å². The number of pyridine rings is 1. The van der Waals surface area contributed by atoms with E-state index < -0.39 is 11.6 Å². The number of aryl methyl sites for hydroxylation is 1. The van der Waals surface area contributed by atoms with E-state index in [0.29, 0.717) is 59.8 Å². The lowest BCUT2D eigenvalue weighted by Gasteiger charge is -2.36. The van der Waals surface area contributed by atoms with Gasteiger partial charge in [0.15, 0.2) is 10.8 Å². The quantitative estimate of drug-likeness (QED) is 0.0784. The predicted octanol–water partition coefficient (Wildman–Crippen LogP) is 11.0. The SMILES string of the molecule is Cc1c(OC2CCC(CC[C@@H](C)CN3CCN(c4nc5cc(C6CCC(=O)NC6=O)ccc5n4C)CC3)CC2)cccc1-c1ccc(N2CCc3cccc(C(=O)Nc4nc5ccccc5s4)c3C2)nc1C(=O)OC(C)(C)C. The summed E-state index contributed by atoms with van der Waals surface area (Å²) in [5.74, 6) is 2.27. The number of anilines is 3. The van der Waals surface area contributed by atoms with Crippen LogP contribution in [-0.4, -0.2) is 99.1 Å². The van der Waals surface area contributed by atoms with Crippen molar-refractivity contribution in [3.8, 4) is 16.9 Å². The average Bonchev–Trinajstić information content (AvgIpc) is 4.11. The highest BCUT2D eigenvalue weighted by Gasteiger charge is 2.32. The van der Waals surface area contributed by atoms with Gasteiger partial charge in [-0.3, -0.25) is 29.9 Å². The number of amides is 3. The van der Waals surface area contributed by atoms with E-state index in [9.17, 15) is 19.2 Å². The van der Waals surface area contributed by atoms with Crippen molar-refractivity contribution >= 4 is 73.2 Å². The smallest absolute Gasteiger partial charge is 0.358 e. The summed E-state index contributed by atoms with van der Waals surface area (Å²) in [7, 11) is 2.07. The van der Waals surface area contributed by atoms with Gasteiger partial charge < -0.3 is 23.8 Å². The number of piperidine rings is 1. The number of nitrogens with one attached hydrogen (secondary N) is 2. The van der Waals surface area contributed by atoms with Crippen molar-refractivity contribution in [1.29, 1.82) is 0 Å². The summed E-state index contributed by atoms with van der Waals surface area (Å²) in [6, 6.07) is 29.8. The van der Waals surface area contributed by atoms with Gasteiger partial charge in [0.2, 0.25) is 17.8 Å². The minimum atomic E-state index is -0.732. The van der Waals surface area contributed by atoms with Crippen LogP contribution in [-0.2, 0) is 34.3 Å². The van der Waals surface area contributed by atoms with Crippen molar-refractivity contribution in [2.24, 2.45) is 18.9 Å². The molecule has 2 atom stereocenters. The maximum absolute atomic E-state index is 14.1. The standard InChI is InChI=1S/C62H71N9O6S/c1-38(36-69-31-33-70(34-32-69)61-64-50-35-42(21-26-51(50)68(61)6)45-25-28-55(72)66-57(45)73)17-18-40-19-22-43(23-20-40)76-52-15-10-12-44(39(52)2)46-24-27-54(65-56(46)59(75)77-62(3,4)5)71-30-29-41-11-9-13-47(48(41)37-71)58(74)67-60-63-49-14-7-8-16-53(49)78-60/h7-16,21,24,26-27,35,38,40,43,45H,17-20,22-23,25,28-34,36-37H2,1-6H3,(H,63,67,74)(H,66,72,73)/t38-,40?,43?,45?/m1/s1. The molecule has 15 nitrogen and oxygen atoms in total. The summed E-state index contributed by atoms with van der Waals surface area (Å²) in [6.07, 6.45) is 8.47. The second-order valence-electron chi connectivity index (χ2n) is 23.0. The molecule has 78 heavy (non-hydrogen) atoms. The molecule has 0 bridgehead atoms. The van der Waals surface area contributed by atoms with Crippen LogP contribution < -0.4 is 25.2 Å². The van der Waals surface area contributed by atoms with Crippen LogP contribution >= 0.6 is 11.3 Å². The molecule has 16 heteroatoms. The van der Waals surface area contributed by atoms with Crippen LogP contribution in [0.25, 0.3) is 32.4 Å². The Labute approximate surface area is 460 Å². The number of ether oxygens (including phenoxy) is 2. The van der Waals surface area contributed by atoms with Crippen LogP contribution in [0.1, 0.15) is 128 Å². The third-order valence-electron chi connectivity index (χ3n) is 16.3. The first-order valence-corrected chi connectivity index (χ1v) is 28.7. The first-order chi connectivity index (χ1) is 37.6.